The Bertz CT molecular complexity index is 747. The molecule has 0 N–H and O–H groups in total. The summed E-state index contributed by atoms with van der Waals surface area (Å²) in [5.41, 5.74) is 2.36. The van der Waals surface area contributed by atoms with E-state index in [0.29, 0.717) is 6.04 Å². The molecule has 0 bridgehead atoms. The second-order valence-corrected chi connectivity index (χ2v) is 4.76. The van der Waals surface area contributed by atoms with Gasteiger partial charge < -0.3 is 4.57 Å². The largest absolute Gasteiger partial charge is 0.319 e. The lowest BCUT2D eigenvalue weighted by Gasteiger charge is -2.06. The van der Waals surface area contributed by atoms with Crippen molar-refractivity contribution in [2.24, 2.45) is 0 Å². The maximum absolute atomic E-state index is 13.4. The van der Waals surface area contributed by atoms with Gasteiger partial charge in [-0.1, -0.05) is 0 Å². The predicted molar refractivity (Wildman–Crippen MR) is 69.0 cm³/mol. The summed E-state index contributed by atoms with van der Waals surface area (Å²) >= 11 is 0. The minimum atomic E-state index is -0.236. The van der Waals surface area contributed by atoms with Crippen molar-refractivity contribution >= 4 is 11.0 Å². The maximum atomic E-state index is 13.4. The van der Waals surface area contributed by atoms with Crippen molar-refractivity contribution < 1.29 is 4.39 Å². The summed E-state index contributed by atoms with van der Waals surface area (Å²) in [6.07, 6.45) is 7.18. The van der Waals surface area contributed by atoms with E-state index in [0.717, 1.165) is 35.4 Å². The quantitative estimate of drug-likeness (QED) is 0.706. The molecular formula is C14H11FN4. The highest BCUT2D eigenvalue weighted by Crippen LogP contribution is 2.40. The molecule has 0 aliphatic heterocycles. The first kappa shape index (κ1) is 10.6. The number of halogens is 1. The van der Waals surface area contributed by atoms with Gasteiger partial charge in [0.15, 0.2) is 5.82 Å². The second-order valence-electron chi connectivity index (χ2n) is 4.76. The monoisotopic (exact) mass is 254 g/mol. The first-order chi connectivity index (χ1) is 9.33. The van der Waals surface area contributed by atoms with Gasteiger partial charge >= 0.3 is 0 Å². The van der Waals surface area contributed by atoms with Crippen LogP contribution in [-0.2, 0) is 0 Å². The van der Waals surface area contributed by atoms with Gasteiger partial charge in [-0.2, -0.15) is 0 Å². The summed E-state index contributed by atoms with van der Waals surface area (Å²) in [7, 11) is 0. The second kappa shape index (κ2) is 3.85. The van der Waals surface area contributed by atoms with E-state index >= 15 is 0 Å². The van der Waals surface area contributed by atoms with Gasteiger partial charge in [-0.25, -0.2) is 14.4 Å². The van der Waals surface area contributed by atoms with Crippen LogP contribution in [0.25, 0.3) is 22.6 Å². The molecule has 1 fully saturated rings. The third-order valence-electron chi connectivity index (χ3n) is 3.36. The standard InChI is InChI=1S/C14H11FN4/c15-9-1-4-11-13(7-9)19(10-2-3-10)14(18-11)12-8-16-5-6-17-12/h1,4-8,10H,2-3H2. The van der Waals surface area contributed by atoms with Gasteiger partial charge in [-0.15, -0.1) is 0 Å². The lowest BCUT2D eigenvalue weighted by Crippen LogP contribution is -1.99. The fourth-order valence-electron chi connectivity index (χ4n) is 2.36. The molecule has 0 unspecified atom stereocenters. The molecule has 4 nitrogen and oxygen atoms in total. The van der Waals surface area contributed by atoms with Crippen LogP contribution in [0.15, 0.2) is 36.8 Å². The van der Waals surface area contributed by atoms with Gasteiger partial charge in [0.25, 0.3) is 0 Å². The van der Waals surface area contributed by atoms with Crippen molar-refractivity contribution in [2.45, 2.75) is 18.9 Å². The Morgan fingerprint density at radius 3 is 2.84 bits per heavy atom. The topological polar surface area (TPSA) is 43.6 Å². The zero-order valence-corrected chi connectivity index (χ0v) is 10.1. The summed E-state index contributed by atoms with van der Waals surface area (Å²) in [5.74, 6) is 0.538. The molecule has 4 rings (SSSR count). The van der Waals surface area contributed by atoms with Crippen LogP contribution in [0.4, 0.5) is 4.39 Å². The normalized spacial score (nSPS) is 15.0. The van der Waals surface area contributed by atoms with Crippen molar-refractivity contribution in [1.82, 2.24) is 19.5 Å². The van der Waals surface area contributed by atoms with Gasteiger partial charge in [0.2, 0.25) is 0 Å². The summed E-state index contributed by atoms with van der Waals surface area (Å²) < 4.78 is 15.5. The molecule has 1 aromatic carbocycles. The van der Waals surface area contributed by atoms with Gasteiger partial charge in [0.1, 0.15) is 11.5 Å². The smallest absolute Gasteiger partial charge is 0.161 e. The fourth-order valence-corrected chi connectivity index (χ4v) is 2.36. The summed E-state index contributed by atoms with van der Waals surface area (Å²) in [6, 6.07) is 5.10. The lowest BCUT2D eigenvalue weighted by atomic mass is 10.3. The van der Waals surface area contributed by atoms with E-state index in [1.54, 1.807) is 30.7 Å². The van der Waals surface area contributed by atoms with Crippen molar-refractivity contribution in [3.05, 3.63) is 42.6 Å². The van der Waals surface area contributed by atoms with Crippen molar-refractivity contribution in [2.75, 3.05) is 0 Å². The minimum absolute atomic E-state index is 0.236. The Labute approximate surface area is 109 Å². The van der Waals surface area contributed by atoms with Crippen LogP contribution in [0, 0.1) is 5.82 Å². The molecule has 0 radical (unpaired) electrons. The highest BCUT2D eigenvalue weighted by molar-refractivity contribution is 5.80. The average Bonchev–Trinajstić information content (AvgIpc) is 3.21. The number of imidazole rings is 1. The van der Waals surface area contributed by atoms with Crippen LogP contribution < -0.4 is 0 Å². The summed E-state index contributed by atoms with van der Waals surface area (Å²) in [4.78, 5) is 13.0. The van der Waals surface area contributed by atoms with E-state index in [4.69, 9.17) is 0 Å². The van der Waals surface area contributed by atoms with Crippen LogP contribution in [0.2, 0.25) is 0 Å². The van der Waals surface area contributed by atoms with E-state index in [1.807, 2.05) is 0 Å². The van der Waals surface area contributed by atoms with Crippen LogP contribution in [0.3, 0.4) is 0 Å². The molecule has 0 atom stereocenters. The molecule has 2 heterocycles. The number of hydrogen-bond acceptors (Lipinski definition) is 3. The molecule has 94 valence electrons. The van der Waals surface area contributed by atoms with E-state index in [2.05, 4.69) is 19.5 Å². The number of nitrogens with zero attached hydrogens (tertiary/aromatic N) is 4. The zero-order valence-electron chi connectivity index (χ0n) is 10.1. The van der Waals surface area contributed by atoms with Crippen LogP contribution in [0.1, 0.15) is 18.9 Å². The summed E-state index contributed by atoms with van der Waals surface area (Å²) in [5, 5.41) is 0. The highest BCUT2D eigenvalue weighted by atomic mass is 19.1. The number of rotatable bonds is 2. The van der Waals surface area contributed by atoms with Gasteiger partial charge in [0.05, 0.1) is 17.2 Å². The molecule has 0 amide bonds. The van der Waals surface area contributed by atoms with Crippen molar-refractivity contribution in [3.63, 3.8) is 0 Å². The number of fused-ring (bicyclic) bond motifs is 1. The van der Waals surface area contributed by atoms with Crippen molar-refractivity contribution in [1.29, 1.82) is 0 Å². The average molecular weight is 254 g/mol. The van der Waals surface area contributed by atoms with E-state index in [1.165, 1.54) is 6.07 Å². The van der Waals surface area contributed by atoms with Gasteiger partial charge in [-0.3, -0.25) is 4.98 Å². The third-order valence-corrected chi connectivity index (χ3v) is 3.36. The maximum Gasteiger partial charge on any atom is 0.161 e. The summed E-state index contributed by atoms with van der Waals surface area (Å²) in [6.45, 7) is 0. The number of aromatic nitrogens is 4. The Hall–Kier alpha value is -2.30. The van der Waals surface area contributed by atoms with E-state index < -0.39 is 0 Å². The molecule has 5 heteroatoms. The predicted octanol–water partition coefficient (Wildman–Crippen LogP) is 2.97. The zero-order chi connectivity index (χ0) is 12.8. The number of benzene rings is 1. The molecule has 1 aliphatic carbocycles. The Balaban J connectivity index is 2.02. The molecule has 2 aromatic heterocycles. The Morgan fingerprint density at radius 2 is 2.11 bits per heavy atom. The van der Waals surface area contributed by atoms with E-state index in [9.17, 15) is 4.39 Å². The Morgan fingerprint density at radius 1 is 1.21 bits per heavy atom. The third kappa shape index (κ3) is 1.69. The first-order valence-corrected chi connectivity index (χ1v) is 6.27. The molecule has 1 aliphatic rings. The molecule has 0 saturated heterocycles. The lowest BCUT2D eigenvalue weighted by molar-refractivity contribution is 0.628. The van der Waals surface area contributed by atoms with Gasteiger partial charge in [0, 0.05) is 18.4 Å². The first-order valence-electron chi connectivity index (χ1n) is 6.27. The Kier molecular flexibility index (Phi) is 2.15. The molecule has 19 heavy (non-hydrogen) atoms. The fraction of sp³-hybridized carbons (Fsp3) is 0.214. The van der Waals surface area contributed by atoms with Crippen molar-refractivity contribution in [3.8, 4) is 11.5 Å². The van der Waals surface area contributed by atoms with E-state index in [-0.39, 0.29) is 5.82 Å². The molecular weight excluding hydrogens is 243 g/mol. The molecule has 0 spiro atoms. The number of hydrogen-bond donors (Lipinski definition) is 0. The van der Waals surface area contributed by atoms with Crippen LogP contribution >= 0.6 is 0 Å². The molecule has 1 saturated carbocycles. The van der Waals surface area contributed by atoms with Crippen LogP contribution in [0.5, 0.6) is 0 Å². The van der Waals surface area contributed by atoms with Crippen LogP contribution in [-0.4, -0.2) is 19.5 Å². The SMILES string of the molecule is Fc1ccc2nc(-c3cnccn3)n(C3CC3)c2c1. The highest BCUT2D eigenvalue weighted by Gasteiger charge is 2.29. The van der Waals surface area contributed by atoms with Gasteiger partial charge in [-0.05, 0) is 31.0 Å². The molecule has 3 aromatic rings. The minimum Gasteiger partial charge on any atom is -0.319 e.